The summed E-state index contributed by atoms with van der Waals surface area (Å²) in [4.78, 5) is 12.9. The number of carbonyl (C=O) groups is 1. The van der Waals surface area contributed by atoms with Crippen molar-refractivity contribution in [2.75, 3.05) is 18.0 Å². The molecule has 2 rings (SSSR count). The minimum atomic E-state index is -0.814. The second-order valence-corrected chi connectivity index (χ2v) is 4.15. The van der Waals surface area contributed by atoms with Gasteiger partial charge in [0.1, 0.15) is 0 Å². The number of hydrogen-bond donors (Lipinski definition) is 1. The van der Waals surface area contributed by atoms with E-state index < -0.39 is 5.97 Å². The molecule has 0 bridgehead atoms. The molecule has 0 aromatic heterocycles. The van der Waals surface area contributed by atoms with E-state index in [0.29, 0.717) is 23.6 Å². The Bertz CT molecular complexity index is 442. The van der Waals surface area contributed by atoms with Crippen LogP contribution in [0, 0.1) is 0 Å². The summed E-state index contributed by atoms with van der Waals surface area (Å²) in [5.41, 5.74) is 1.53. The number of hydrogen-bond acceptors (Lipinski definition) is 2. The van der Waals surface area contributed by atoms with E-state index in [1.54, 1.807) is 6.08 Å². The van der Waals surface area contributed by atoms with E-state index in [9.17, 15) is 4.79 Å². The standard InChI is InChI=1S/C12H12ClNO2/c13-10-2-1-3-11(8-10)14-6-4-9(5-7-14)12(15)16/h1-4,8H,5-7H2,(H,15,16). The zero-order valence-electron chi connectivity index (χ0n) is 8.69. The van der Waals surface area contributed by atoms with E-state index >= 15 is 0 Å². The van der Waals surface area contributed by atoms with Crippen molar-refractivity contribution in [2.24, 2.45) is 0 Å². The number of carboxylic acids is 1. The van der Waals surface area contributed by atoms with Gasteiger partial charge in [0.15, 0.2) is 0 Å². The molecule has 1 N–H and O–H groups in total. The lowest BCUT2D eigenvalue weighted by Crippen LogP contribution is -2.29. The molecule has 1 aliphatic heterocycles. The van der Waals surface area contributed by atoms with Crippen LogP contribution in [0.25, 0.3) is 0 Å². The Morgan fingerprint density at radius 3 is 2.81 bits per heavy atom. The van der Waals surface area contributed by atoms with Crippen molar-refractivity contribution in [3.63, 3.8) is 0 Å². The molecule has 1 heterocycles. The molecule has 0 unspecified atom stereocenters. The number of nitrogens with zero attached hydrogens (tertiary/aromatic N) is 1. The Kier molecular flexibility index (Phi) is 3.15. The Labute approximate surface area is 98.9 Å². The van der Waals surface area contributed by atoms with Gasteiger partial charge in [-0.1, -0.05) is 23.7 Å². The average Bonchev–Trinajstić information content (AvgIpc) is 2.29. The maximum absolute atomic E-state index is 10.7. The monoisotopic (exact) mass is 237 g/mol. The molecule has 0 radical (unpaired) electrons. The van der Waals surface area contributed by atoms with Crippen LogP contribution in [0.4, 0.5) is 5.69 Å². The lowest BCUT2D eigenvalue weighted by molar-refractivity contribution is -0.132. The number of anilines is 1. The van der Waals surface area contributed by atoms with E-state index in [0.717, 1.165) is 12.2 Å². The van der Waals surface area contributed by atoms with Gasteiger partial charge in [0.2, 0.25) is 0 Å². The molecule has 0 saturated heterocycles. The first-order valence-corrected chi connectivity index (χ1v) is 5.47. The van der Waals surface area contributed by atoms with Crippen molar-refractivity contribution in [3.05, 3.63) is 40.9 Å². The quantitative estimate of drug-likeness (QED) is 0.860. The Morgan fingerprint density at radius 1 is 1.44 bits per heavy atom. The van der Waals surface area contributed by atoms with Crippen molar-refractivity contribution < 1.29 is 9.90 Å². The number of aliphatic carboxylic acids is 1. The zero-order chi connectivity index (χ0) is 11.5. The molecule has 0 spiro atoms. The SMILES string of the molecule is O=C(O)C1=CCN(c2cccc(Cl)c2)CC1. The van der Waals surface area contributed by atoms with Gasteiger partial charge in [-0.25, -0.2) is 4.79 Å². The van der Waals surface area contributed by atoms with Gasteiger partial charge in [-0.3, -0.25) is 0 Å². The molecule has 0 atom stereocenters. The lowest BCUT2D eigenvalue weighted by atomic mass is 10.1. The Morgan fingerprint density at radius 2 is 2.25 bits per heavy atom. The van der Waals surface area contributed by atoms with E-state index in [-0.39, 0.29) is 0 Å². The zero-order valence-corrected chi connectivity index (χ0v) is 9.44. The molecule has 3 nitrogen and oxygen atoms in total. The molecule has 4 heteroatoms. The van der Waals surface area contributed by atoms with Gasteiger partial charge in [-0.2, -0.15) is 0 Å². The maximum atomic E-state index is 10.7. The van der Waals surface area contributed by atoms with Crippen LogP contribution >= 0.6 is 11.6 Å². The number of rotatable bonds is 2. The van der Waals surface area contributed by atoms with Crippen LogP contribution in [0.15, 0.2) is 35.9 Å². The van der Waals surface area contributed by atoms with E-state index in [4.69, 9.17) is 16.7 Å². The summed E-state index contributed by atoms with van der Waals surface area (Å²) < 4.78 is 0. The molecule has 1 aliphatic rings. The summed E-state index contributed by atoms with van der Waals surface area (Å²) in [7, 11) is 0. The van der Waals surface area contributed by atoms with Gasteiger partial charge in [0, 0.05) is 29.4 Å². The largest absolute Gasteiger partial charge is 0.478 e. The summed E-state index contributed by atoms with van der Waals surface area (Å²) in [5, 5.41) is 9.53. The molecular formula is C12H12ClNO2. The third-order valence-corrected chi connectivity index (χ3v) is 2.89. The lowest BCUT2D eigenvalue weighted by Gasteiger charge is -2.27. The fraction of sp³-hybridized carbons (Fsp3) is 0.250. The van der Waals surface area contributed by atoms with E-state index in [1.807, 2.05) is 24.3 Å². The van der Waals surface area contributed by atoms with Crippen LogP contribution in [0.5, 0.6) is 0 Å². The second kappa shape index (κ2) is 4.58. The molecule has 1 aromatic carbocycles. The van der Waals surface area contributed by atoms with Crippen LogP contribution < -0.4 is 4.90 Å². The minimum Gasteiger partial charge on any atom is -0.478 e. The predicted octanol–water partition coefficient (Wildman–Crippen LogP) is 2.56. The normalized spacial score (nSPS) is 15.8. The van der Waals surface area contributed by atoms with Crippen LogP contribution in [0.3, 0.4) is 0 Å². The van der Waals surface area contributed by atoms with Crippen molar-refractivity contribution >= 4 is 23.3 Å². The second-order valence-electron chi connectivity index (χ2n) is 3.71. The van der Waals surface area contributed by atoms with Gasteiger partial charge >= 0.3 is 5.97 Å². The summed E-state index contributed by atoms with van der Waals surface area (Å²) in [6.07, 6.45) is 2.33. The summed E-state index contributed by atoms with van der Waals surface area (Å²) in [6.45, 7) is 1.35. The van der Waals surface area contributed by atoms with Crippen molar-refractivity contribution in [3.8, 4) is 0 Å². The Hall–Kier alpha value is -1.48. The van der Waals surface area contributed by atoms with Crippen LogP contribution in [0.2, 0.25) is 5.02 Å². The highest BCUT2D eigenvalue weighted by molar-refractivity contribution is 6.30. The number of halogens is 1. The van der Waals surface area contributed by atoms with Gasteiger partial charge < -0.3 is 10.0 Å². The third-order valence-electron chi connectivity index (χ3n) is 2.66. The smallest absolute Gasteiger partial charge is 0.331 e. The van der Waals surface area contributed by atoms with Crippen molar-refractivity contribution in [2.45, 2.75) is 6.42 Å². The van der Waals surface area contributed by atoms with Gasteiger partial charge in [-0.05, 0) is 24.6 Å². The van der Waals surface area contributed by atoms with Crippen LogP contribution in [-0.4, -0.2) is 24.2 Å². The average molecular weight is 238 g/mol. The van der Waals surface area contributed by atoms with Crippen LogP contribution in [0.1, 0.15) is 6.42 Å². The van der Waals surface area contributed by atoms with Crippen molar-refractivity contribution in [1.82, 2.24) is 0 Å². The molecule has 0 amide bonds. The minimum absolute atomic E-state index is 0.498. The highest BCUT2D eigenvalue weighted by Gasteiger charge is 2.16. The first kappa shape index (κ1) is 11.0. The number of benzene rings is 1. The fourth-order valence-corrected chi connectivity index (χ4v) is 1.96. The first-order valence-electron chi connectivity index (χ1n) is 5.09. The summed E-state index contributed by atoms with van der Waals surface area (Å²) in [5.74, 6) is -0.814. The number of carboxylic acid groups (broad SMARTS) is 1. The summed E-state index contributed by atoms with van der Waals surface area (Å²) in [6, 6.07) is 7.59. The third kappa shape index (κ3) is 2.36. The molecule has 0 aliphatic carbocycles. The fourth-order valence-electron chi connectivity index (χ4n) is 1.77. The molecule has 84 valence electrons. The molecule has 1 aromatic rings. The molecular weight excluding hydrogens is 226 g/mol. The summed E-state index contributed by atoms with van der Waals surface area (Å²) >= 11 is 5.91. The van der Waals surface area contributed by atoms with Gasteiger partial charge in [0.05, 0.1) is 0 Å². The molecule has 16 heavy (non-hydrogen) atoms. The van der Waals surface area contributed by atoms with Gasteiger partial charge in [-0.15, -0.1) is 0 Å². The molecule has 0 saturated carbocycles. The van der Waals surface area contributed by atoms with E-state index in [2.05, 4.69) is 4.90 Å². The van der Waals surface area contributed by atoms with E-state index in [1.165, 1.54) is 0 Å². The van der Waals surface area contributed by atoms with Crippen LogP contribution in [-0.2, 0) is 4.79 Å². The molecule has 0 fully saturated rings. The highest BCUT2D eigenvalue weighted by Crippen LogP contribution is 2.22. The van der Waals surface area contributed by atoms with Crippen molar-refractivity contribution in [1.29, 1.82) is 0 Å². The predicted molar refractivity (Wildman–Crippen MR) is 64.0 cm³/mol. The first-order chi connectivity index (χ1) is 7.66. The Balaban J connectivity index is 2.12. The highest BCUT2D eigenvalue weighted by atomic mass is 35.5. The topological polar surface area (TPSA) is 40.5 Å². The van der Waals surface area contributed by atoms with Gasteiger partial charge in [0.25, 0.3) is 0 Å². The maximum Gasteiger partial charge on any atom is 0.331 e.